The van der Waals surface area contributed by atoms with Gasteiger partial charge in [0, 0.05) is 17.6 Å². The summed E-state index contributed by atoms with van der Waals surface area (Å²) in [5.41, 5.74) is 0.115. The van der Waals surface area contributed by atoms with Crippen molar-refractivity contribution in [2.75, 3.05) is 25.0 Å². The van der Waals surface area contributed by atoms with Crippen molar-refractivity contribution in [1.29, 1.82) is 0 Å². The zero-order valence-electron chi connectivity index (χ0n) is 12.4. The van der Waals surface area contributed by atoms with Gasteiger partial charge < -0.3 is 15.7 Å². The molecule has 1 aliphatic heterocycles. The fraction of sp³-hybridized carbons (Fsp3) is 0.467. The molecule has 1 saturated heterocycles. The van der Waals surface area contributed by atoms with Crippen LogP contribution in [0.25, 0.3) is 0 Å². The molecule has 0 aliphatic carbocycles. The highest BCUT2D eigenvalue weighted by atomic mass is 35.5. The van der Waals surface area contributed by atoms with Crippen LogP contribution in [0.2, 0.25) is 5.02 Å². The lowest BCUT2D eigenvalue weighted by Crippen LogP contribution is -2.43. The molecular formula is C15H20ClN3O3. The maximum Gasteiger partial charge on any atom is 0.313 e. The van der Waals surface area contributed by atoms with Crippen molar-refractivity contribution in [1.82, 2.24) is 10.2 Å². The van der Waals surface area contributed by atoms with E-state index >= 15 is 0 Å². The van der Waals surface area contributed by atoms with Crippen LogP contribution in [0, 0.1) is 0 Å². The van der Waals surface area contributed by atoms with Gasteiger partial charge in [-0.1, -0.05) is 18.5 Å². The molecule has 22 heavy (non-hydrogen) atoms. The topological polar surface area (TPSA) is 81.7 Å². The minimum absolute atomic E-state index is 0.115. The second-order valence-corrected chi connectivity index (χ2v) is 5.69. The summed E-state index contributed by atoms with van der Waals surface area (Å²) in [6, 6.07) is 4.51. The Morgan fingerprint density at radius 1 is 1.41 bits per heavy atom. The number of carbonyl (C=O) groups is 2. The number of hydrogen-bond acceptors (Lipinski definition) is 4. The summed E-state index contributed by atoms with van der Waals surface area (Å²) in [5.74, 6) is -1.68. The van der Waals surface area contributed by atoms with Crippen molar-refractivity contribution in [3.8, 4) is 5.75 Å². The van der Waals surface area contributed by atoms with Crippen LogP contribution in [0.4, 0.5) is 5.69 Å². The van der Waals surface area contributed by atoms with Crippen LogP contribution in [-0.4, -0.2) is 47.5 Å². The first kappa shape index (κ1) is 16.6. The van der Waals surface area contributed by atoms with Crippen LogP contribution in [-0.2, 0) is 9.59 Å². The minimum Gasteiger partial charge on any atom is -0.506 e. The number of phenols is 1. The van der Waals surface area contributed by atoms with Gasteiger partial charge in [-0.2, -0.15) is 0 Å². The Labute approximate surface area is 134 Å². The molecule has 0 aromatic heterocycles. The largest absolute Gasteiger partial charge is 0.506 e. The molecule has 1 fully saturated rings. The number of amides is 2. The van der Waals surface area contributed by atoms with Gasteiger partial charge in [-0.25, -0.2) is 0 Å². The Kier molecular flexibility index (Phi) is 5.63. The van der Waals surface area contributed by atoms with E-state index in [1.165, 1.54) is 18.2 Å². The lowest BCUT2D eigenvalue weighted by Gasteiger charge is -2.22. The van der Waals surface area contributed by atoms with E-state index in [1.807, 2.05) is 0 Å². The van der Waals surface area contributed by atoms with Crippen molar-refractivity contribution in [2.24, 2.45) is 0 Å². The normalized spacial score (nSPS) is 18.2. The van der Waals surface area contributed by atoms with E-state index in [-0.39, 0.29) is 17.5 Å². The molecule has 6 nitrogen and oxygen atoms in total. The van der Waals surface area contributed by atoms with Gasteiger partial charge in [0.1, 0.15) is 5.75 Å². The highest BCUT2D eigenvalue weighted by molar-refractivity contribution is 6.40. The van der Waals surface area contributed by atoms with Gasteiger partial charge in [-0.3, -0.25) is 14.5 Å². The molecule has 1 heterocycles. The Bertz CT molecular complexity index is 565. The molecule has 7 heteroatoms. The molecule has 120 valence electrons. The number of nitrogens with zero attached hydrogens (tertiary/aromatic N) is 1. The van der Waals surface area contributed by atoms with Crippen LogP contribution in [0.15, 0.2) is 18.2 Å². The van der Waals surface area contributed by atoms with E-state index in [0.717, 1.165) is 25.9 Å². The molecular weight excluding hydrogens is 306 g/mol. The number of phenolic OH excluding ortho intramolecular Hbond substituents is 1. The van der Waals surface area contributed by atoms with Crippen molar-refractivity contribution in [2.45, 2.75) is 25.8 Å². The molecule has 1 aromatic rings. The number of rotatable bonds is 4. The highest BCUT2D eigenvalue weighted by Gasteiger charge is 2.24. The molecule has 2 amide bonds. The fourth-order valence-corrected chi connectivity index (χ4v) is 2.79. The number of nitrogens with one attached hydrogen (secondary N) is 2. The molecule has 0 unspecified atom stereocenters. The monoisotopic (exact) mass is 325 g/mol. The lowest BCUT2D eigenvalue weighted by atomic mass is 10.2. The summed E-state index contributed by atoms with van der Waals surface area (Å²) in [5, 5.41) is 15.0. The fourth-order valence-electron chi connectivity index (χ4n) is 2.62. The molecule has 1 aromatic carbocycles. The number of aromatic hydroxyl groups is 1. The zero-order valence-corrected chi connectivity index (χ0v) is 13.2. The van der Waals surface area contributed by atoms with Crippen LogP contribution in [0.1, 0.15) is 19.8 Å². The summed E-state index contributed by atoms with van der Waals surface area (Å²) < 4.78 is 0. The van der Waals surface area contributed by atoms with E-state index in [2.05, 4.69) is 22.5 Å². The third-order valence-corrected chi connectivity index (χ3v) is 4.05. The quantitative estimate of drug-likeness (QED) is 0.580. The van der Waals surface area contributed by atoms with E-state index in [1.54, 1.807) is 0 Å². The van der Waals surface area contributed by atoms with Gasteiger partial charge in [-0.05, 0) is 44.1 Å². The molecule has 2 rings (SSSR count). The Morgan fingerprint density at radius 3 is 2.91 bits per heavy atom. The van der Waals surface area contributed by atoms with E-state index in [4.69, 9.17) is 11.6 Å². The average molecular weight is 326 g/mol. The number of carbonyl (C=O) groups excluding carboxylic acids is 2. The molecule has 0 spiro atoms. The average Bonchev–Trinajstić information content (AvgIpc) is 2.95. The first-order valence-electron chi connectivity index (χ1n) is 7.33. The lowest BCUT2D eigenvalue weighted by molar-refractivity contribution is -0.136. The third-order valence-electron chi connectivity index (χ3n) is 3.82. The van der Waals surface area contributed by atoms with Crippen LogP contribution < -0.4 is 10.6 Å². The standard InChI is InChI=1S/C15H20ClN3O3/c1-2-19-7-3-4-11(19)9-17-14(21)15(22)18-12-8-10(16)5-6-13(12)20/h5-6,8,11,20H,2-4,7,9H2,1H3,(H,17,21)(H,18,22)/t11-/m0/s1. The van der Waals surface area contributed by atoms with Gasteiger partial charge in [0.2, 0.25) is 0 Å². The molecule has 1 aliphatic rings. The first-order chi connectivity index (χ1) is 10.5. The number of likely N-dealkylation sites (N-methyl/N-ethyl adjacent to an activating group) is 1. The van der Waals surface area contributed by atoms with Crippen molar-refractivity contribution < 1.29 is 14.7 Å². The van der Waals surface area contributed by atoms with Crippen molar-refractivity contribution in [3.63, 3.8) is 0 Å². The van der Waals surface area contributed by atoms with E-state index in [9.17, 15) is 14.7 Å². The van der Waals surface area contributed by atoms with Gasteiger partial charge >= 0.3 is 11.8 Å². The van der Waals surface area contributed by atoms with E-state index < -0.39 is 11.8 Å². The first-order valence-corrected chi connectivity index (χ1v) is 7.70. The maximum absolute atomic E-state index is 11.8. The van der Waals surface area contributed by atoms with Crippen LogP contribution >= 0.6 is 11.6 Å². The summed E-state index contributed by atoms with van der Waals surface area (Å²) in [7, 11) is 0. The molecule has 0 bridgehead atoms. The van der Waals surface area contributed by atoms with Gasteiger partial charge in [0.05, 0.1) is 5.69 Å². The Morgan fingerprint density at radius 2 is 2.18 bits per heavy atom. The highest BCUT2D eigenvalue weighted by Crippen LogP contribution is 2.26. The van der Waals surface area contributed by atoms with E-state index in [0.29, 0.717) is 11.6 Å². The predicted octanol–water partition coefficient (Wildman–Crippen LogP) is 1.58. The summed E-state index contributed by atoms with van der Waals surface area (Å²) >= 11 is 5.79. The van der Waals surface area contributed by atoms with Gasteiger partial charge in [0.25, 0.3) is 0 Å². The van der Waals surface area contributed by atoms with Crippen LogP contribution in [0.3, 0.4) is 0 Å². The Balaban J connectivity index is 1.87. The molecule has 0 saturated carbocycles. The third kappa shape index (κ3) is 4.11. The number of benzene rings is 1. The SMILES string of the molecule is CCN1CCC[C@H]1CNC(=O)C(=O)Nc1cc(Cl)ccc1O. The summed E-state index contributed by atoms with van der Waals surface area (Å²) in [6.07, 6.45) is 2.13. The van der Waals surface area contributed by atoms with Crippen LogP contribution in [0.5, 0.6) is 5.75 Å². The summed E-state index contributed by atoms with van der Waals surface area (Å²) in [6.45, 7) is 4.49. The van der Waals surface area contributed by atoms with Gasteiger partial charge in [0.15, 0.2) is 0 Å². The smallest absolute Gasteiger partial charge is 0.313 e. The zero-order chi connectivity index (χ0) is 16.1. The second kappa shape index (κ2) is 7.47. The predicted molar refractivity (Wildman–Crippen MR) is 85.0 cm³/mol. The summed E-state index contributed by atoms with van der Waals surface area (Å²) in [4.78, 5) is 26.0. The van der Waals surface area contributed by atoms with Gasteiger partial charge in [-0.15, -0.1) is 0 Å². The maximum atomic E-state index is 11.8. The molecule has 3 N–H and O–H groups in total. The molecule has 0 radical (unpaired) electrons. The number of halogens is 1. The Hall–Kier alpha value is -1.79. The number of hydrogen-bond donors (Lipinski definition) is 3. The second-order valence-electron chi connectivity index (χ2n) is 5.25. The molecule has 1 atom stereocenters. The van der Waals surface area contributed by atoms with Crippen molar-refractivity contribution in [3.05, 3.63) is 23.2 Å². The van der Waals surface area contributed by atoms with Crippen molar-refractivity contribution >= 4 is 29.1 Å². The number of anilines is 1. The number of likely N-dealkylation sites (tertiary alicyclic amines) is 1. The minimum atomic E-state index is -0.821.